The minimum Gasteiger partial charge on any atom is -0.337 e. The van der Waals surface area contributed by atoms with Crippen molar-refractivity contribution < 1.29 is 9.18 Å². The van der Waals surface area contributed by atoms with Gasteiger partial charge in [-0.2, -0.15) is 0 Å². The number of fused-ring (bicyclic) bond motifs is 2. The molecule has 0 N–H and O–H groups in total. The number of likely N-dealkylation sites (N-methyl/N-ethyl adjacent to an activating group) is 1. The number of benzene rings is 1. The fourth-order valence-corrected chi connectivity index (χ4v) is 4.45. The van der Waals surface area contributed by atoms with E-state index >= 15 is 0 Å². The van der Waals surface area contributed by atoms with Gasteiger partial charge in [0.15, 0.2) is 0 Å². The first-order valence-corrected chi connectivity index (χ1v) is 9.18. The Hall–Kier alpha value is -1.42. The van der Waals surface area contributed by atoms with E-state index in [2.05, 4.69) is 4.90 Å². The van der Waals surface area contributed by atoms with Gasteiger partial charge in [-0.25, -0.2) is 4.39 Å². The van der Waals surface area contributed by atoms with Crippen molar-refractivity contribution in [3.63, 3.8) is 0 Å². The van der Waals surface area contributed by atoms with Crippen LogP contribution in [0.2, 0.25) is 0 Å². The molecule has 1 aromatic rings. The number of carbonyl (C=O) groups excluding carboxylic acids is 1. The van der Waals surface area contributed by atoms with Gasteiger partial charge >= 0.3 is 0 Å². The number of amides is 1. The summed E-state index contributed by atoms with van der Waals surface area (Å²) in [5.74, 6) is 2.21. The van der Waals surface area contributed by atoms with Crippen LogP contribution in [0, 0.1) is 23.6 Å². The Kier molecular flexibility index (Phi) is 5.54. The van der Waals surface area contributed by atoms with Crippen LogP contribution < -0.4 is 0 Å². The van der Waals surface area contributed by atoms with Crippen molar-refractivity contribution in [3.05, 3.63) is 35.6 Å². The van der Waals surface area contributed by atoms with Crippen molar-refractivity contribution >= 4 is 5.91 Å². The molecule has 0 aromatic heterocycles. The maximum absolute atomic E-state index is 13.5. The van der Waals surface area contributed by atoms with Gasteiger partial charge in [-0.3, -0.25) is 4.79 Å². The van der Waals surface area contributed by atoms with Crippen molar-refractivity contribution in [2.75, 3.05) is 27.2 Å². The summed E-state index contributed by atoms with van der Waals surface area (Å²) in [6, 6.07) is 6.60. The molecule has 4 heteroatoms. The van der Waals surface area contributed by atoms with Crippen molar-refractivity contribution in [2.45, 2.75) is 38.6 Å². The van der Waals surface area contributed by atoms with Gasteiger partial charge in [-0.1, -0.05) is 18.6 Å². The van der Waals surface area contributed by atoms with E-state index in [1.165, 1.54) is 37.8 Å². The quantitative estimate of drug-likeness (QED) is 0.762. The molecular formula is C20H29FN2O. The van der Waals surface area contributed by atoms with Crippen molar-refractivity contribution in [2.24, 2.45) is 17.8 Å². The lowest BCUT2D eigenvalue weighted by Crippen LogP contribution is -2.37. The Morgan fingerprint density at radius 2 is 2.04 bits per heavy atom. The van der Waals surface area contributed by atoms with Crippen LogP contribution in [0.4, 0.5) is 4.39 Å². The van der Waals surface area contributed by atoms with Crippen LogP contribution in [-0.2, 0) is 11.3 Å². The molecule has 2 aliphatic carbocycles. The zero-order valence-corrected chi connectivity index (χ0v) is 14.9. The lowest BCUT2D eigenvalue weighted by molar-refractivity contribution is -0.133. The van der Waals surface area contributed by atoms with Gasteiger partial charge < -0.3 is 9.80 Å². The molecule has 3 rings (SSSR count). The van der Waals surface area contributed by atoms with E-state index < -0.39 is 0 Å². The summed E-state index contributed by atoms with van der Waals surface area (Å²) in [4.78, 5) is 16.9. The fraction of sp³-hybridized carbons (Fsp3) is 0.650. The lowest BCUT2D eigenvalue weighted by Gasteiger charge is -2.28. The molecular weight excluding hydrogens is 303 g/mol. The Balaban J connectivity index is 1.63. The van der Waals surface area contributed by atoms with Crippen LogP contribution in [0.25, 0.3) is 0 Å². The third kappa shape index (κ3) is 4.35. The molecule has 2 bridgehead atoms. The van der Waals surface area contributed by atoms with E-state index in [0.29, 0.717) is 25.4 Å². The van der Waals surface area contributed by atoms with Crippen molar-refractivity contribution in [3.8, 4) is 0 Å². The summed E-state index contributed by atoms with van der Waals surface area (Å²) in [6.07, 6.45) is 5.91. The Morgan fingerprint density at radius 3 is 2.67 bits per heavy atom. The standard InChI is InChI=1S/C20H29FN2O/c1-22(2)8-9-23(14-16-4-3-5-19(21)12-16)20(24)13-18-11-15-6-7-17(18)10-15/h3-5,12,15,17-18H,6-11,13-14H2,1-2H3. The van der Waals surface area contributed by atoms with Gasteiger partial charge in [0.1, 0.15) is 5.82 Å². The maximum Gasteiger partial charge on any atom is 0.223 e. The number of halogens is 1. The normalized spacial score (nSPS) is 25.4. The van der Waals surface area contributed by atoms with E-state index in [4.69, 9.17) is 0 Å². The lowest BCUT2D eigenvalue weighted by atomic mass is 9.86. The third-order valence-corrected chi connectivity index (χ3v) is 5.75. The molecule has 132 valence electrons. The highest BCUT2D eigenvalue weighted by Gasteiger charge is 2.40. The van der Waals surface area contributed by atoms with E-state index in [1.807, 2.05) is 25.1 Å². The number of nitrogens with zero attached hydrogens (tertiary/aromatic N) is 2. The second-order valence-corrected chi connectivity index (χ2v) is 7.89. The predicted octanol–water partition coefficient (Wildman–Crippen LogP) is 3.54. The molecule has 0 saturated heterocycles. The zero-order chi connectivity index (χ0) is 17.1. The summed E-state index contributed by atoms with van der Waals surface area (Å²) in [7, 11) is 4.03. The van der Waals surface area contributed by atoms with Gasteiger partial charge in [0.25, 0.3) is 0 Å². The summed E-state index contributed by atoms with van der Waals surface area (Å²) in [6.45, 7) is 2.03. The second-order valence-electron chi connectivity index (χ2n) is 7.89. The van der Waals surface area contributed by atoms with E-state index in [1.54, 1.807) is 6.07 Å². The van der Waals surface area contributed by atoms with Crippen LogP contribution in [-0.4, -0.2) is 42.9 Å². The third-order valence-electron chi connectivity index (χ3n) is 5.75. The smallest absolute Gasteiger partial charge is 0.223 e. The molecule has 2 saturated carbocycles. The molecule has 0 aliphatic heterocycles. The highest BCUT2D eigenvalue weighted by atomic mass is 19.1. The Morgan fingerprint density at radius 1 is 1.21 bits per heavy atom. The molecule has 2 aliphatic rings. The molecule has 1 amide bonds. The van der Waals surface area contributed by atoms with E-state index in [0.717, 1.165) is 23.9 Å². The molecule has 0 radical (unpaired) electrons. The average molecular weight is 332 g/mol. The SMILES string of the molecule is CN(C)CCN(Cc1cccc(F)c1)C(=O)CC1CC2CCC1C2. The first-order valence-electron chi connectivity index (χ1n) is 9.18. The highest BCUT2D eigenvalue weighted by molar-refractivity contribution is 5.76. The highest BCUT2D eigenvalue weighted by Crippen LogP contribution is 2.49. The van der Waals surface area contributed by atoms with E-state index in [-0.39, 0.29) is 11.7 Å². The average Bonchev–Trinajstić information content (AvgIpc) is 3.14. The van der Waals surface area contributed by atoms with Gasteiger partial charge in [0.2, 0.25) is 5.91 Å². The largest absolute Gasteiger partial charge is 0.337 e. The van der Waals surface area contributed by atoms with Crippen molar-refractivity contribution in [1.29, 1.82) is 0 Å². The number of carbonyl (C=O) groups is 1. The number of rotatable bonds is 7. The Bertz CT molecular complexity index is 575. The molecule has 0 heterocycles. The summed E-state index contributed by atoms with van der Waals surface area (Å²) in [5.41, 5.74) is 0.870. The molecule has 2 fully saturated rings. The monoisotopic (exact) mass is 332 g/mol. The molecule has 0 spiro atoms. The summed E-state index contributed by atoms with van der Waals surface area (Å²) >= 11 is 0. The Labute approximate surface area is 144 Å². The van der Waals surface area contributed by atoms with Crippen molar-refractivity contribution in [1.82, 2.24) is 9.80 Å². The van der Waals surface area contributed by atoms with E-state index in [9.17, 15) is 9.18 Å². The zero-order valence-electron chi connectivity index (χ0n) is 14.9. The first kappa shape index (κ1) is 17.4. The molecule has 1 aromatic carbocycles. The second kappa shape index (κ2) is 7.64. The fourth-order valence-electron chi connectivity index (χ4n) is 4.45. The van der Waals surface area contributed by atoms with Gasteiger partial charge in [0.05, 0.1) is 0 Å². The molecule has 24 heavy (non-hydrogen) atoms. The van der Waals surface area contributed by atoms with Gasteiger partial charge in [0, 0.05) is 26.1 Å². The number of hydrogen-bond acceptors (Lipinski definition) is 2. The van der Waals surface area contributed by atoms with Crippen LogP contribution in [0.5, 0.6) is 0 Å². The summed E-state index contributed by atoms with van der Waals surface area (Å²) < 4.78 is 13.5. The number of hydrogen-bond donors (Lipinski definition) is 0. The molecule has 3 nitrogen and oxygen atoms in total. The van der Waals surface area contributed by atoms with Crippen LogP contribution in [0.3, 0.4) is 0 Å². The summed E-state index contributed by atoms with van der Waals surface area (Å²) in [5, 5.41) is 0. The predicted molar refractivity (Wildman–Crippen MR) is 93.9 cm³/mol. The van der Waals surface area contributed by atoms with Gasteiger partial charge in [-0.15, -0.1) is 0 Å². The van der Waals surface area contributed by atoms with Crippen LogP contribution in [0.15, 0.2) is 24.3 Å². The topological polar surface area (TPSA) is 23.6 Å². The van der Waals surface area contributed by atoms with Gasteiger partial charge in [-0.05, 0) is 68.8 Å². The molecule has 3 unspecified atom stereocenters. The minimum atomic E-state index is -0.236. The van der Waals surface area contributed by atoms with Crippen LogP contribution >= 0.6 is 0 Å². The minimum absolute atomic E-state index is 0.235. The first-order chi connectivity index (χ1) is 11.5. The molecule has 3 atom stereocenters. The maximum atomic E-state index is 13.5. The van der Waals surface area contributed by atoms with Crippen LogP contribution in [0.1, 0.15) is 37.7 Å².